The zero-order valence-electron chi connectivity index (χ0n) is 11.2. The lowest BCUT2D eigenvalue weighted by Crippen LogP contribution is -2.16. The van der Waals surface area contributed by atoms with E-state index in [4.69, 9.17) is 10.5 Å². The molecule has 2 N–H and O–H groups in total. The summed E-state index contributed by atoms with van der Waals surface area (Å²) < 4.78 is 5.40. The molecule has 0 fully saturated rings. The number of nitrogen functional groups attached to an aromatic ring is 1. The van der Waals surface area contributed by atoms with Crippen molar-refractivity contribution in [3.8, 4) is 11.4 Å². The van der Waals surface area contributed by atoms with Gasteiger partial charge in [0.15, 0.2) is 5.82 Å². The summed E-state index contributed by atoms with van der Waals surface area (Å²) in [4.78, 5) is 9.08. The van der Waals surface area contributed by atoms with E-state index in [-0.39, 0.29) is 0 Å². The Morgan fingerprint density at radius 1 is 1.11 bits per heavy atom. The second-order valence-corrected chi connectivity index (χ2v) is 5.04. The third kappa shape index (κ3) is 2.31. The smallest absolute Gasteiger partial charge is 0.161 e. The molecule has 0 saturated carbocycles. The van der Waals surface area contributed by atoms with E-state index in [1.165, 1.54) is 11.1 Å². The van der Waals surface area contributed by atoms with E-state index in [0.29, 0.717) is 24.9 Å². The maximum absolute atomic E-state index is 6.02. The average molecular weight is 255 g/mol. The predicted molar refractivity (Wildman–Crippen MR) is 74.7 cm³/mol. The molecule has 98 valence electrons. The summed E-state index contributed by atoms with van der Waals surface area (Å²) in [6, 6.07) is 6.32. The molecule has 0 amide bonds. The molecule has 0 saturated heterocycles. The Balaban J connectivity index is 2.12. The molecule has 0 bridgehead atoms. The van der Waals surface area contributed by atoms with Gasteiger partial charge in [-0.05, 0) is 26.0 Å². The Hall–Kier alpha value is -1.94. The van der Waals surface area contributed by atoms with Gasteiger partial charge in [-0.1, -0.05) is 17.2 Å². The van der Waals surface area contributed by atoms with E-state index in [9.17, 15) is 0 Å². The second kappa shape index (κ2) is 4.63. The molecule has 0 atom stereocenters. The Morgan fingerprint density at radius 3 is 2.58 bits per heavy atom. The zero-order valence-corrected chi connectivity index (χ0v) is 11.2. The van der Waals surface area contributed by atoms with Crippen LogP contribution in [0, 0.1) is 13.8 Å². The Kier molecular flexibility index (Phi) is 2.95. The fourth-order valence-corrected chi connectivity index (χ4v) is 2.49. The fourth-order valence-electron chi connectivity index (χ4n) is 2.49. The van der Waals surface area contributed by atoms with E-state index in [1.807, 2.05) is 0 Å². The van der Waals surface area contributed by atoms with Crippen molar-refractivity contribution in [2.45, 2.75) is 26.9 Å². The van der Waals surface area contributed by atoms with Crippen molar-refractivity contribution < 1.29 is 4.74 Å². The van der Waals surface area contributed by atoms with Crippen LogP contribution < -0.4 is 5.73 Å². The van der Waals surface area contributed by atoms with Crippen molar-refractivity contribution >= 4 is 5.82 Å². The van der Waals surface area contributed by atoms with Gasteiger partial charge in [-0.15, -0.1) is 0 Å². The molecule has 1 aliphatic heterocycles. The summed E-state index contributed by atoms with van der Waals surface area (Å²) in [6.45, 7) is 5.38. The van der Waals surface area contributed by atoms with E-state index in [0.717, 1.165) is 23.2 Å². The zero-order chi connectivity index (χ0) is 13.4. The highest BCUT2D eigenvalue weighted by atomic mass is 16.5. The molecule has 4 nitrogen and oxygen atoms in total. The summed E-state index contributed by atoms with van der Waals surface area (Å²) in [5, 5.41) is 0. The van der Waals surface area contributed by atoms with Crippen molar-refractivity contribution in [3.05, 3.63) is 40.6 Å². The highest BCUT2D eigenvalue weighted by molar-refractivity contribution is 5.61. The summed E-state index contributed by atoms with van der Waals surface area (Å²) in [6.07, 6.45) is 0.805. The number of hydrogen-bond acceptors (Lipinski definition) is 4. The quantitative estimate of drug-likeness (QED) is 0.850. The van der Waals surface area contributed by atoms with E-state index < -0.39 is 0 Å². The van der Waals surface area contributed by atoms with Crippen LogP contribution >= 0.6 is 0 Å². The van der Waals surface area contributed by atoms with Crippen LogP contribution in [-0.4, -0.2) is 16.6 Å². The van der Waals surface area contributed by atoms with Gasteiger partial charge in [-0.2, -0.15) is 0 Å². The van der Waals surface area contributed by atoms with Crippen LogP contribution in [0.4, 0.5) is 5.82 Å². The minimum Gasteiger partial charge on any atom is -0.383 e. The van der Waals surface area contributed by atoms with Crippen molar-refractivity contribution in [3.63, 3.8) is 0 Å². The fraction of sp³-hybridized carbons (Fsp3) is 0.333. The highest BCUT2D eigenvalue weighted by Crippen LogP contribution is 2.25. The summed E-state index contributed by atoms with van der Waals surface area (Å²) in [5.74, 6) is 1.25. The van der Waals surface area contributed by atoms with Crippen LogP contribution in [0.3, 0.4) is 0 Å². The molecule has 0 spiro atoms. The average Bonchev–Trinajstić information content (AvgIpc) is 2.37. The lowest BCUT2D eigenvalue weighted by atomic mass is 10.1. The number of rotatable bonds is 1. The maximum atomic E-state index is 6.02. The SMILES string of the molecule is Cc1cc(C)cc(-c2nc(N)c3c(n2)CCOC3)c1. The van der Waals surface area contributed by atoms with Crippen molar-refractivity contribution in [2.24, 2.45) is 0 Å². The van der Waals surface area contributed by atoms with E-state index >= 15 is 0 Å². The van der Waals surface area contributed by atoms with Crippen LogP contribution in [0.2, 0.25) is 0 Å². The van der Waals surface area contributed by atoms with Crippen molar-refractivity contribution in [1.29, 1.82) is 0 Å². The molecular formula is C15H17N3O. The van der Waals surface area contributed by atoms with Gasteiger partial charge in [0.2, 0.25) is 0 Å². The summed E-state index contributed by atoms with van der Waals surface area (Å²) >= 11 is 0. The maximum Gasteiger partial charge on any atom is 0.161 e. The molecule has 19 heavy (non-hydrogen) atoms. The molecule has 2 heterocycles. The standard InChI is InChI=1S/C15H17N3O/c1-9-5-10(2)7-11(6-9)15-17-13-3-4-19-8-12(13)14(16)18-15/h5-7H,3-4,8H2,1-2H3,(H2,16,17,18). The first kappa shape index (κ1) is 12.1. The third-order valence-electron chi connectivity index (χ3n) is 3.33. The Bertz CT molecular complexity index is 617. The van der Waals surface area contributed by atoms with Gasteiger partial charge < -0.3 is 10.5 Å². The van der Waals surface area contributed by atoms with Gasteiger partial charge >= 0.3 is 0 Å². The van der Waals surface area contributed by atoms with Crippen LogP contribution in [0.15, 0.2) is 18.2 Å². The van der Waals surface area contributed by atoms with Crippen molar-refractivity contribution in [1.82, 2.24) is 9.97 Å². The number of anilines is 1. The first-order valence-corrected chi connectivity index (χ1v) is 6.45. The van der Waals surface area contributed by atoms with Crippen molar-refractivity contribution in [2.75, 3.05) is 12.3 Å². The largest absolute Gasteiger partial charge is 0.383 e. The number of nitrogens with two attached hydrogens (primary N) is 1. The van der Waals surface area contributed by atoms with Gasteiger partial charge in [0, 0.05) is 17.5 Å². The Morgan fingerprint density at radius 2 is 1.84 bits per heavy atom. The number of hydrogen-bond donors (Lipinski definition) is 1. The number of ether oxygens (including phenoxy) is 1. The monoisotopic (exact) mass is 255 g/mol. The lowest BCUT2D eigenvalue weighted by molar-refractivity contribution is 0.109. The molecule has 3 rings (SSSR count). The molecule has 0 unspecified atom stereocenters. The van der Waals surface area contributed by atoms with Crippen LogP contribution in [0.1, 0.15) is 22.4 Å². The number of benzene rings is 1. The van der Waals surface area contributed by atoms with E-state index in [2.05, 4.69) is 42.0 Å². The summed E-state index contributed by atoms with van der Waals surface area (Å²) in [5.41, 5.74) is 11.4. The first-order valence-electron chi connectivity index (χ1n) is 6.45. The normalized spacial score (nSPS) is 14.2. The van der Waals surface area contributed by atoms with Crippen LogP contribution in [0.5, 0.6) is 0 Å². The third-order valence-corrected chi connectivity index (χ3v) is 3.33. The minimum absolute atomic E-state index is 0.522. The van der Waals surface area contributed by atoms with Gasteiger partial charge in [-0.25, -0.2) is 9.97 Å². The number of aromatic nitrogens is 2. The number of aryl methyl sites for hydroxylation is 2. The van der Waals surface area contributed by atoms with Gasteiger partial charge in [0.1, 0.15) is 5.82 Å². The topological polar surface area (TPSA) is 61.0 Å². The van der Waals surface area contributed by atoms with Crippen LogP contribution in [-0.2, 0) is 17.8 Å². The number of fused-ring (bicyclic) bond motifs is 1. The molecular weight excluding hydrogens is 238 g/mol. The lowest BCUT2D eigenvalue weighted by Gasteiger charge is -2.18. The molecule has 4 heteroatoms. The minimum atomic E-state index is 0.522. The van der Waals surface area contributed by atoms with Gasteiger partial charge in [0.25, 0.3) is 0 Å². The molecule has 0 aliphatic carbocycles. The Labute approximate surface area is 112 Å². The molecule has 1 aromatic carbocycles. The molecule has 1 aromatic heterocycles. The summed E-state index contributed by atoms with van der Waals surface area (Å²) in [7, 11) is 0. The van der Waals surface area contributed by atoms with Crippen LogP contribution in [0.25, 0.3) is 11.4 Å². The molecule has 1 aliphatic rings. The second-order valence-electron chi connectivity index (χ2n) is 5.04. The van der Waals surface area contributed by atoms with Gasteiger partial charge in [-0.3, -0.25) is 0 Å². The molecule has 0 radical (unpaired) electrons. The first-order chi connectivity index (χ1) is 9.13. The van der Waals surface area contributed by atoms with Gasteiger partial charge in [0.05, 0.1) is 18.9 Å². The predicted octanol–water partition coefficient (Wildman–Crippen LogP) is 2.42. The van der Waals surface area contributed by atoms with E-state index in [1.54, 1.807) is 0 Å². The number of nitrogens with zero attached hydrogens (tertiary/aromatic N) is 2. The molecule has 2 aromatic rings. The highest BCUT2D eigenvalue weighted by Gasteiger charge is 2.17.